The molecule has 0 unspecified atom stereocenters. The van der Waals surface area contributed by atoms with E-state index < -0.39 is 11.9 Å². The lowest BCUT2D eigenvalue weighted by Crippen LogP contribution is -2.09. The zero-order valence-corrected chi connectivity index (χ0v) is 7.10. The van der Waals surface area contributed by atoms with E-state index in [1.807, 2.05) is 0 Å². The van der Waals surface area contributed by atoms with Crippen LogP contribution < -0.4 is 0 Å². The molecule has 0 aliphatic carbocycles. The van der Waals surface area contributed by atoms with Crippen LogP contribution in [0.15, 0.2) is 25.3 Å². The zero-order chi connectivity index (χ0) is 10.7. The number of carboxylic acids is 2. The fraction of sp³-hybridized carbons (Fsp3) is 0.250. The molecule has 74 valence electrons. The van der Waals surface area contributed by atoms with Crippen molar-refractivity contribution in [2.75, 3.05) is 13.2 Å². The topological polar surface area (TPSA) is 83.8 Å². The van der Waals surface area contributed by atoms with Crippen molar-refractivity contribution < 1.29 is 24.5 Å². The largest absolute Gasteiger partial charge is 0.473 e. The van der Waals surface area contributed by atoms with Crippen LogP contribution in [-0.4, -0.2) is 35.4 Å². The number of hydrogen-bond donors (Lipinski definition) is 2. The number of carboxylic acid groups (broad SMARTS) is 2. The molecule has 0 radical (unpaired) electrons. The van der Waals surface area contributed by atoms with Gasteiger partial charge >= 0.3 is 11.9 Å². The normalized spacial score (nSPS) is 7.69. The van der Waals surface area contributed by atoms with Crippen molar-refractivity contribution in [1.82, 2.24) is 0 Å². The second-order valence-corrected chi connectivity index (χ2v) is 1.73. The van der Waals surface area contributed by atoms with E-state index in [4.69, 9.17) is 24.5 Å². The lowest BCUT2D eigenvalue weighted by molar-refractivity contribution is -0.159. The van der Waals surface area contributed by atoms with Crippen molar-refractivity contribution in [3.63, 3.8) is 0 Å². The van der Waals surface area contributed by atoms with Gasteiger partial charge in [0.1, 0.15) is 0 Å². The predicted octanol–water partition coefficient (Wildman–Crippen LogP) is 0.531. The van der Waals surface area contributed by atoms with Crippen LogP contribution in [-0.2, 0) is 14.3 Å². The molecule has 0 rings (SSSR count). The van der Waals surface area contributed by atoms with E-state index in [-0.39, 0.29) is 0 Å². The summed E-state index contributed by atoms with van der Waals surface area (Å²) in [7, 11) is 0. The standard InChI is InChI=1S/C6H10O.C2H2O4/c1-3-5-7-6-4-2;3-1(4)2(5)6/h3-4H,1-2,5-6H2;(H,3,4)(H,5,6). The Morgan fingerprint density at radius 1 is 1.08 bits per heavy atom. The zero-order valence-electron chi connectivity index (χ0n) is 7.10. The highest BCUT2D eigenvalue weighted by molar-refractivity contribution is 6.27. The van der Waals surface area contributed by atoms with Crippen LogP contribution in [0.2, 0.25) is 0 Å². The molecule has 0 aromatic rings. The van der Waals surface area contributed by atoms with Crippen molar-refractivity contribution in [2.24, 2.45) is 0 Å². The Hall–Kier alpha value is -1.62. The highest BCUT2D eigenvalue weighted by atomic mass is 16.5. The first-order valence-electron chi connectivity index (χ1n) is 3.32. The van der Waals surface area contributed by atoms with E-state index in [0.717, 1.165) is 0 Å². The molecule has 0 aliphatic heterocycles. The molecule has 0 aromatic heterocycles. The fourth-order valence-corrected chi connectivity index (χ4v) is 0.235. The van der Waals surface area contributed by atoms with Crippen LogP contribution in [0.3, 0.4) is 0 Å². The quantitative estimate of drug-likeness (QED) is 0.382. The molecule has 0 amide bonds. The number of ether oxygens (including phenoxy) is 1. The number of aliphatic carboxylic acids is 2. The first-order chi connectivity index (χ1) is 6.06. The molecule has 0 saturated heterocycles. The van der Waals surface area contributed by atoms with Gasteiger partial charge in [-0.25, -0.2) is 9.59 Å². The van der Waals surface area contributed by atoms with Crippen LogP contribution >= 0.6 is 0 Å². The molecule has 0 heterocycles. The van der Waals surface area contributed by atoms with Crippen molar-refractivity contribution in [3.05, 3.63) is 25.3 Å². The van der Waals surface area contributed by atoms with Crippen molar-refractivity contribution in [3.8, 4) is 0 Å². The van der Waals surface area contributed by atoms with Crippen molar-refractivity contribution >= 4 is 11.9 Å². The molecule has 5 heteroatoms. The Labute approximate surface area is 75.9 Å². The van der Waals surface area contributed by atoms with Gasteiger partial charge in [0.25, 0.3) is 0 Å². The van der Waals surface area contributed by atoms with E-state index in [9.17, 15) is 0 Å². The predicted molar refractivity (Wildman–Crippen MR) is 46.5 cm³/mol. The highest BCUT2D eigenvalue weighted by Gasteiger charge is 2.04. The Kier molecular flexibility index (Phi) is 11.1. The van der Waals surface area contributed by atoms with Crippen LogP contribution in [0.5, 0.6) is 0 Å². The fourth-order valence-electron chi connectivity index (χ4n) is 0.235. The van der Waals surface area contributed by atoms with Gasteiger partial charge in [0.15, 0.2) is 0 Å². The summed E-state index contributed by atoms with van der Waals surface area (Å²) >= 11 is 0. The van der Waals surface area contributed by atoms with Crippen molar-refractivity contribution in [1.29, 1.82) is 0 Å². The molecule has 5 nitrogen and oxygen atoms in total. The van der Waals surface area contributed by atoms with Crippen LogP contribution in [0.1, 0.15) is 0 Å². The summed E-state index contributed by atoms with van der Waals surface area (Å²) in [5.74, 6) is -3.65. The third kappa shape index (κ3) is 17.9. The van der Waals surface area contributed by atoms with Gasteiger partial charge in [0, 0.05) is 0 Å². The van der Waals surface area contributed by atoms with Gasteiger partial charge in [0.2, 0.25) is 0 Å². The third-order valence-corrected chi connectivity index (χ3v) is 0.654. The SMILES string of the molecule is C=CCOCC=C.O=C(O)C(=O)O. The first-order valence-corrected chi connectivity index (χ1v) is 3.32. The Balaban J connectivity index is 0. The number of rotatable bonds is 4. The highest BCUT2D eigenvalue weighted by Crippen LogP contribution is 1.72. The minimum absolute atomic E-state index is 0.617. The van der Waals surface area contributed by atoms with E-state index >= 15 is 0 Å². The number of hydrogen-bond acceptors (Lipinski definition) is 3. The summed E-state index contributed by atoms with van der Waals surface area (Å²) in [6.45, 7) is 8.18. The lowest BCUT2D eigenvalue weighted by atomic mass is 10.6. The van der Waals surface area contributed by atoms with Crippen LogP contribution in [0.4, 0.5) is 0 Å². The molecule has 0 saturated carbocycles. The van der Waals surface area contributed by atoms with E-state index in [1.165, 1.54) is 0 Å². The monoisotopic (exact) mass is 188 g/mol. The minimum Gasteiger partial charge on any atom is -0.473 e. The third-order valence-electron chi connectivity index (χ3n) is 0.654. The average Bonchev–Trinajstić information content (AvgIpc) is 2.06. The number of carbonyl (C=O) groups is 2. The Morgan fingerprint density at radius 2 is 1.38 bits per heavy atom. The Morgan fingerprint density at radius 3 is 1.54 bits per heavy atom. The van der Waals surface area contributed by atoms with Gasteiger partial charge in [-0.05, 0) is 0 Å². The molecule has 13 heavy (non-hydrogen) atoms. The smallest absolute Gasteiger partial charge is 0.414 e. The van der Waals surface area contributed by atoms with Crippen molar-refractivity contribution in [2.45, 2.75) is 0 Å². The summed E-state index contributed by atoms with van der Waals surface area (Å²) in [6, 6.07) is 0. The summed E-state index contributed by atoms with van der Waals surface area (Å²) < 4.78 is 4.90. The van der Waals surface area contributed by atoms with Gasteiger partial charge < -0.3 is 14.9 Å². The molecular formula is C8H12O5. The maximum absolute atomic E-state index is 9.10. The molecule has 0 atom stereocenters. The summed E-state index contributed by atoms with van der Waals surface area (Å²) in [6.07, 6.45) is 3.42. The van der Waals surface area contributed by atoms with Crippen LogP contribution in [0, 0.1) is 0 Å². The summed E-state index contributed by atoms with van der Waals surface area (Å²) in [4.78, 5) is 18.2. The molecule has 0 bridgehead atoms. The summed E-state index contributed by atoms with van der Waals surface area (Å²) in [5.41, 5.74) is 0. The minimum atomic E-state index is -1.82. The first kappa shape index (κ1) is 13.9. The van der Waals surface area contributed by atoms with E-state index in [1.54, 1.807) is 12.2 Å². The summed E-state index contributed by atoms with van der Waals surface area (Å²) in [5, 5.41) is 14.8. The van der Waals surface area contributed by atoms with Gasteiger partial charge in [0.05, 0.1) is 13.2 Å². The molecule has 0 aromatic carbocycles. The van der Waals surface area contributed by atoms with Gasteiger partial charge in [-0.3, -0.25) is 0 Å². The Bertz CT molecular complexity index is 165. The maximum Gasteiger partial charge on any atom is 0.414 e. The second kappa shape index (κ2) is 10.4. The second-order valence-electron chi connectivity index (χ2n) is 1.73. The van der Waals surface area contributed by atoms with Gasteiger partial charge in [-0.1, -0.05) is 12.2 Å². The molecule has 0 fully saturated rings. The molecule has 0 aliphatic rings. The van der Waals surface area contributed by atoms with Crippen LogP contribution in [0.25, 0.3) is 0 Å². The van der Waals surface area contributed by atoms with E-state index in [2.05, 4.69) is 13.2 Å². The van der Waals surface area contributed by atoms with Gasteiger partial charge in [-0.15, -0.1) is 13.2 Å². The van der Waals surface area contributed by atoms with Gasteiger partial charge in [-0.2, -0.15) is 0 Å². The molecular weight excluding hydrogens is 176 g/mol. The maximum atomic E-state index is 9.10. The average molecular weight is 188 g/mol. The lowest BCUT2D eigenvalue weighted by Gasteiger charge is -1.89. The molecule has 0 spiro atoms. The molecule has 2 N–H and O–H groups in total. The van der Waals surface area contributed by atoms with E-state index in [0.29, 0.717) is 13.2 Å².